The van der Waals surface area contributed by atoms with E-state index < -0.39 is 0 Å². The van der Waals surface area contributed by atoms with Crippen LogP contribution < -0.4 is 5.32 Å². The van der Waals surface area contributed by atoms with Gasteiger partial charge in [-0.2, -0.15) is 0 Å². The first-order valence-electron chi connectivity index (χ1n) is 11.7. The molecule has 0 unspecified atom stereocenters. The monoisotopic (exact) mass is 392 g/mol. The summed E-state index contributed by atoms with van der Waals surface area (Å²) < 4.78 is 0. The molecule has 3 fully saturated rings. The minimum Gasteiger partial charge on any atom is -0.352 e. The van der Waals surface area contributed by atoms with Crippen LogP contribution in [0.2, 0.25) is 0 Å². The van der Waals surface area contributed by atoms with Crippen molar-refractivity contribution >= 4 is 11.8 Å². The summed E-state index contributed by atoms with van der Waals surface area (Å²) in [6, 6.07) is 0.375. The van der Waals surface area contributed by atoms with Crippen molar-refractivity contribution in [3.63, 3.8) is 0 Å². The van der Waals surface area contributed by atoms with Gasteiger partial charge in [-0.05, 0) is 25.7 Å². The van der Waals surface area contributed by atoms with Crippen molar-refractivity contribution in [3.05, 3.63) is 0 Å². The minimum absolute atomic E-state index is 0.180. The van der Waals surface area contributed by atoms with E-state index in [1.165, 1.54) is 44.9 Å². The maximum Gasteiger partial charge on any atom is 0.236 e. The van der Waals surface area contributed by atoms with E-state index in [0.717, 1.165) is 65.0 Å². The fourth-order valence-electron chi connectivity index (χ4n) is 4.79. The topological polar surface area (TPSA) is 55.9 Å². The Bertz CT molecular complexity index is 475. The number of carbonyl (C=O) groups excluding carboxylic acids is 2. The first-order chi connectivity index (χ1) is 13.7. The lowest BCUT2D eigenvalue weighted by molar-refractivity contribution is -0.133. The third-order valence-corrected chi connectivity index (χ3v) is 6.62. The van der Waals surface area contributed by atoms with E-state index in [1.807, 2.05) is 0 Å². The summed E-state index contributed by atoms with van der Waals surface area (Å²) in [4.78, 5) is 31.6. The predicted octanol–water partition coefficient (Wildman–Crippen LogP) is 2.24. The molecule has 6 heteroatoms. The van der Waals surface area contributed by atoms with Crippen LogP contribution in [-0.2, 0) is 9.59 Å². The van der Waals surface area contributed by atoms with E-state index in [4.69, 9.17) is 0 Å². The van der Waals surface area contributed by atoms with Crippen LogP contribution in [0.5, 0.6) is 0 Å². The molecular weight excluding hydrogens is 352 g/mol. The average Bonchev–Trinajstić information content (AvgIpc) is 2.95. The first-order valence-corrected chi connectivity index (χ1v) is 11.7. The van der Waals surface area contributed by atoms with Crippen molar-refractivity contribution in [1.29, 1.82) is 0 Å². The van der Waals surface area contributed by atoms with Gasteiger partial charge in [0.1, 0.15) is 0 Å². The molecule has 2 saturated heterocycles. The number of nitrogens with one attached hydrogen (secondary N) is 1. The van der Waals surface area contributed by atoms with Gasteiger partial charge in [-0.15, -0.1) is 0 Å². The third kappa shape index (κ3) is 7.36. The molecule has 0 atom stereocenters. The third-order valence-electron chi connectivity index (χ3n) is 6.62. The molecule has 0 aromatic carbocycles. The number of amides is 2. The van der Waals surface area contributed by atoms with Gasteiger partial charge in [-0.1, -0.05) is 44.9 Å². The van der Waals surface area contributed by atoms with Gasteiger partial charge in [0.25, 0.3) is 0 Å². The Balaban J connectivity index is 1.33. The zero-order valence-corrected chi connectivity index (χ0v) is 17.7. The molecule has 0 aromatic rings. The predicted molar refractivity (Wildman–Crippen MR) is 112 cm³/mol. The molecule has 28 heavy (non-hydrogen) atoms. The van der Waals surface area contributed by atoms with E-state index >= 15 is 0 Å². The van der Waals surface area contributed by atoms with Crippen LogP contribution in [0.4, 0.5) is 0 Å². The van der Waals surface area contributed by atoms with Gasteiger partial charge >= 0.3 is 0 Å². The molecule has 0 aromatic heterocycles. The Kier molecular flexibility index (Phi) is 9.06. The van der Waals surface area contributed by atoms with Crippen LogP contribution >= 0.6 is 0 Å². The van der Waals surface area contributed by atoms with Crippen molar-refractivity contribution in [2.45, 2.75) is 76.7 Å². The fraction of sp³-hybridized carbons (Fsp3) is 0.909. The molecule has 2 heterocycles. The number of rotatable bonds is 5. The highest BCUT2D eigenvalue weighted by Crippen LogP contribution is 2.17. The summed E-state index contributed by atoms with van der Waals surface area (Å²) in [5.41, 5.74) is 0. The van der Waals surface area contributed by atoms with Gasteiger partial charge in [-0.25, -0.2) is 0 Å². The normalized spacial score (nSPS) is 24.2. The van der Waals surface area contributed by atoms with Gasteiger partial charge in [-0.3, -0.25) is 19.4 Å². The van der Waals surface area contributed by atoms with Crippen LogP contribution in [-0.4, -0.2) is 84.9 Å². The van der Waals surface area contributed by atoms with Crippen molar-refractivity contribution < 1.29 is 9.59 Å². The quantitative estimate of drug-likeness (QED) is 0.780. The highest BCUT2D eigenvalue weighted by Gasteiger charge is 2.24. The van der Waals surface area contributed by atoms with Gasteiger partial charge in [0, 0.05) is 45.3 Å². The Hall–Kier alpha value is -1.14. The molecular formula is C22H40N4O2. The van der Waals surface area contributed by atoms with E-state index in [2.05, 4.69) is 20.0 Å². The van der Waals surface area contributed by atoms with Gasteiger partial charge < -0.3 is 10.2 Å². The molecule has 0 spiro atoms. The second-order valence-corrected chi connectivity index (χ2v) is 8.96. The Labute approximate surface area is 171 Å². The molecule has 6 nitrogen and oxygen atoms in total. The summed E-state index contributed by atoms with van der Waals surface area (Å²) in [5.74, 6) is 0.469. The molecule has 2 aliphatic heterocycles. The molecule has 2 amide bonds. The van der Waals surface area contributed by atoms with Crippen LogP contribution in [0.25, 0.3) is 0 Å². The van der Waals surface area contributed by atoms with Gasteiger partial charge in [0.2, 0.25) is 11.8 Å². The standard InChI is InChI=1S/C22H40N4O2/c27-21(23-20-10-6-2-1-3-7-11-20)18-24-14-16-25(17-15-24)19-22(28)26-12-8-4-5-9-13-26/h20H,1-19H2,(H,23,27). The lowest BCUT2D eigenvalue weighted by Gasteiger charge is -2.35. The summed E-state index contributed by atoms with van der Waals surface area (Å²) in [6.07, 6.45) is 13.5. The van der Waals surface area contributed by atoms with E-state index in [9.17, 15) is 9.59 Å². The summed E-state index contributed by atoms with van der Waals surface area (Å²) in [5, 5.41) is 3.27. The molecule has 1 aliphatic carbocycles. The van der Waals surface area contributed by atoms with Crippen molar-refractivity contribution in [2.75, 3.05) is 52.4 Å². The van der Waals surface area contributed by atoms with Crippen LogP contribution in [0.1, 0.15) is 70.6 Å². The number of nitrogens with zero attached hydrogens (tertiary/aromatic N) is 3. The maximum absolute atomic E-state index is 12.6. The number of hydrogen-bond acceptors (Lipinski definition) is 4. The van der Waals surface area contributed by atoms with E-state index in [1.54, 1.807) is 0 Å². The molecule has 3 aliphatic rings. The van der Waals surface area contributed by atoms with Crippen molar-refractivity contribution in [3.8, 4) is 0 Å². The molecule has 0 radical (unpaired) electrons. The molecule has 160 valence electrons. The average molecular weight is 393 g/mol. The Morgan fingerprint density at radius 1 is 0.643 bits per heavy atom. The fourth-order valence-corrected chi connectivity index (χ4v) is 4.79. The zero-order valence-electron chi connectivity index (χ0n) is 17.7. The highest BCUT2D eigenvalue weighted by atomic mass is 16.2. The lowest BCUT2D eigenvalue weighted by atomic mass is 9.97. The Morgan fingerprint density at radius 2 is 1.14 bits per heavy atom. The largest absolute Gasteiger partial charge is 0.352 e. The molecule has 1 N–H and O–H groups in total. The SMILES string of the molecule is O=C(CN1CCN(CC(=O)N2CCCCCC2)CC1)NC1CCCCCCC1. The smallest absolute Gasteiger partial charge is 0.236 e. The van der Waals surface area contributed by atoms with E-state index in [0.29, 0.717) is 19.1 Å². The lowest BCUT2D eigenvalue weighted by Crippen LogP contribution is -2.52. The van der Waals surface area contributed by atoms with Crippen LogP contribution in [0, 0.1) is 0 Å². The van der Waals surface area contributed by atoms with Gasteiger partial charge in [0.05, 0.1) is 13.1 Å². The number of carbonyl (C=O) groups is 2. The van der Waals surface area contributed by atoms with Crippen LogP contribution in [0.3, 0.4) is 0 Å². The number of hydrogen-bond donors (Lipinski definition) is 1. The zero-order chi connectivity index (χ0) is 19.6. The van der Waals surface area contributed by atoms with E-state index in [-0.39, 0.29) is 11.8 Å². The van der Waals surface area contributed by atoms with Gasteiger partial charge in [0.15, 0.2) is 0 Å². The second kappa shape index (κ2) is 11.8. The summed E-state index contributed by atoms with van der Waals surface area (Å²) >= 11 is 0. The maximum atomic E-state index is 12.6. The highest BCUT2D eigenvalue weighted by molar-refractivity contribution is 5.79. The van der Waals surface area contributed by atoms with Crippen molar-refractivity contribution in [2.24, 2.45) is 0 Å². The molecule has 3 rings (SSSR count). The second-order valence-electron chi connectivity index (χ2n) is 8.96. The molecule has 1 saturated carbocycles. The first kappa shape index (κ1) is 21.6. The van der Waals surface area contributed by atoms with Crippen LogP contribution in [0.15, 0.2) is 0 Å². The molecule has 0 bridgehead atoms. The summed E-state index contributed by atoms with van der Waals surface area (Å²) in [6.45, 7) is 6.44. The number of piperazine rings is 1. The van der Waals surface area contributed by atoms with Crippen molar-refractivity contribution in [1.82, 2.24) is 20.0 Å². The summed E-state index contributed by atoms with van der Waals surface area (Å²) in [7, 11) is 0. The minimum atomic E-state index is 0.180. The Morgan fingerprint density at radius 3 is 1.75 bits per heavy atom. The number of likely N-dealkylation sites (tertiary alicyclic amines) is 1.